The number of hydrogen-bond donors (Lipinski definition) is 0. The van der Waals surface area contributed by atoms with Crippen LogP contribution in [0.1, 0.15) is 13.3 Å². The first-order valence-corrected chi connectivity index (χ1v) is 4.36. The van der Waals surface area contributed by atoms with E-state index in [2.05, 4.69) is 23.8 Å². The molecule has 0 N–H and O–H groups in total. The first kappa shape index (κ1) is 9.08. The van der Waals surface area contributed by atoms with Crippen molar-refractivity contribution in [2.24, 2.45) is 0 Å². The van der Waals surface area contributed by atoms with Gasteiger partial charge in [0.15, 0.2) is 0 Å². The molecule has 11 heavy (non-hydrogen) atoms. The summed E-state index contributed by atoms with van der Waals surface area (Å²) in [4.78, 5) is 4.70. The van der Waals surface area contributed by atoms with Gasteiger partial charge >= 0.3 is 0 Å². The van der Waals surface area contributed by atoms with Crippen molar-refractivity contribution >= 4 is 7.85 Å². The van der Waals surface area contributed by atoms with Crippen molar-refractivity contribution in [1.29, 1.82) is 0 Å². The van der Waals surface area contributed by atoms with E-state index in [0.717, 1.165) is 13.1 Å². The Morgan fingerprint density at radius 3 is 2.73 bits per heavy atom. The third-order valence-corrected chi connectivity index (χ3v) is 2.56. The van der Waals surface area contributed by atoms with E-state index in [1.54, 1.807) is 0 Å². The zero-order valence-corrected chi connectivity index (χ0v) is 7.58. The van der Waals surface area contributed by atoms with Crippen molar-refractivity contribution in [3.63, 3.8) is 0 Å². The van der Waals surface area contributed by atoms with Crippen molar-refractivity contribution in [3.05, 3.63) is 0 Å². The van der Waals surface area contributed by atoms with Crippen molar-refractivity contribution in [1.82, 2.24) is 9.80 Å². The van der Waals surface area contributed by atoms with Gasteiger partial charge in [-0.05, 0) is 33.4 Å². The highest BCUT2D eigenvalue weighted by molar-refractivity contribution is 6.08. The maximum absolute atomic E-state index is 5.62. The SMILES string of the molecule is [B]CN1CCN(C)CCC1C. The molecule has 2 nitrogen and oxygen atoms in total. The molecule has 62 valence electrons. The number of rotatable bonds is 1. The summed E-state index contributed by atoms with van der Waals surface area (Å²) in [7, 11) is 7.79. The van der Waals surface area contributed by atoms with Gasteiger partial charge in [0.05, 0.1) is 7.85 Å². The topological polar surface area (TPSA) is 6.48 Å². The molecule has 1 fully saturated rings. The zero-order chi connectivity index (χ0) is 8.27. The second kappa shape index (κ2) is 4.12. The van der Waals surface area contributed by atoms with Crippen LogP contribution in [0.4, 0.5) is 0 Å². The summed E-state index contributed by atoms with van der Waals surface area (Å²) in [5.41, 5.74) is 0. The molecule has 0 aromatic heterocycles. The fraction of sp³-hybridized carbons (Fsp3) is 1.00. The molecule has 1 aliphatic rings. The molecule has 1 saturated heterocycles. The highest BCUT2D eigenvalue weighted by Gasteiger charge is 2.16. The van der Waals surface area contributed by atoms with E-state index in [0.29, 0.717) is 12.5 Å². The van der Waals surface area contributed by atoms with E-state index in [9.17, 15) is 0 Å². The Hall–Kier alpha value is -0.0151. The first-order valence-electron chi connectivity index (χ1n) is 4.36. The molecule has 0 amide bonds. The van der Waals surface area contributed by atoms with E-state index >= 15 is 0 Å². The molecule has 3 heteroatoms. The average molecular weight is 152 g/mol. The molecule has 1 rings (SSSR count). The Labute approximate surface area is 71.0 Å². The molecule has 0 spiro atoms. The average Bonchev–Trinajstić information content (AvgIpc) is 2.15. The smallest absolute Gasteiger partial charge is 0.0863 e. The van der Waals surface area contributed by atoms with Gasteiger partial charge in [-0.25, -0.2) is 0 Å². The molecular weight excluding hydrogens is 135 g/mol. The maximum Gasteiger partial charge on any atom is 0.0863 e. The monoisotopic (exact) mass is 152 g/mol. The molecule has 0 saturated carbocycles. The number of likely N-dealkylation sites (N-methyl/N-ethyl adjacent to an activating group) is 1. The van der Waals surface area contributed by atoms with E-state index in [1.807, 2.05) is 0 Å². The van der Waals surface area contributed by atoms with Gasteiger partial charge in [-0.15, -0.1) is 0 Å². The lowest BCUT2D eigenvalue weighted by Crippen LogP contribution is -2.35. The van der Waals surface area contributed by atoms with Crippen molar-refractivity contribution in [3.8, 4) is 0 Å². The summed E-state index contributed by atoms with van der Waals surface area (Å²) < 4.78 is 0. The van der Waals surface area contributed by atoms with Crippen LogP contribution in [0.25, 0.3) is 0 Å². The molecule has 1 aliphatic heterocycles. The van der Waals surface area contributed by atoms with Gasteiger partial charge in [-0.1, -0.05) is 0 Å². The highest BCUT2D eigenvalue weighted by atomic mass is 15.2. The van der Waals surface area contributed by atoms with Crippen LogP contribution in [0.2, 0.25) is 0 Å². The largest absolute Gasteiger partial charge is 0.308 e. The van der Waals surface area contributed by atoms with Gasteiger partial charge in [-0.2, -0.15) is 0 Å². The third-order valence-electron chi connectivity index (χ3n) is 2.56. The summed E-state index contributed by atoms with van der Waals surface area (Å²) in [5, 5.41) is 0. The summed E-state index contributed by atoms with van der Waals surface area (Å²) in [6, 6.07) is 0.657. The third kappa shape index (κ3) is 2.49. The van der Waals surface area contributed by atoms with Crippen molar-refractivity contribution < 1.29 is 0 Å². The molecular formula is C8H17BN2. The van der Waals surface area contributed by atoms with Crippen LogP contribution in [0.5, 0.6) is 0 Å². The van der Waals surface area contributed by atoms with Crippen LogP contribution in [0.3, 0.4) is 0 Å². The minimum atomic E-state index is 0.657. The zero-order valence-electron chi connectivity index (χ0n) is 7.58. The summed E-state index contributed by atoms with van der Waals surface area (Å²) >= 11 is 0. The Morgan fingerprint density at radius 2 is 2.09 bits per heavy atom. The Kier molecular flexibility index (Phi) is 3.40. The second-order valence-electron chi connectivity index (χ2n) is 3.44. The number of nitrogens with zero attached hydrogens (tertiary/aromatic N) is 2. The quantitative estimate of drug-likeness (QED) is 0.493. The fourth-order valence-corrected chi connectivity index (χ4v) is 1.49. The van der Waals surface area contributed by atoms with Gasteiger partial charge in [0.1, 0.15) is 0 Å². The molecule has 1 heterocycles. The van der Waals surface area contributed by atoms with Crippen LogP contribution in [-0.2, 0) is 0 Å². The molecule has 0 aromatic rings. The highest BCUT2D eigenvalue weighted by Crippen LogP contribution is 2.07. The van der Waals surface area contributed by atoms with E-state index < -0.39 is 0 Å². The molecule has 0 bridgehead atoms. The van der Waals surface area contributed by atoms with E-state index in [-0.39, 0.29) is 0 Å². The normalized spacial score (nSPS) is 30.2. The van der Waals surface area contributed by atoms with Gasteiger partial charge in [0, 0.05) is 19.1 Å². The Morgan fingerprint density at radius 1 is 1.36 bits per heavy atom. The first-order chi connectivity index (χ1) is 5.24. The van der Waals surface area contributed by atoms with Crippen LogP contribution >= 0.6 is 0 Å². The minimum absolute atomic E-state index is 0.657. The van der Waals surface area contributed by atoms with Gasteiger partial charge < -0.3 is 9.80 Å². The maximum atomic E-state index is 5.62. The summed E-state index contributed by atoms with van der Waals surface area (Å²) in [5.74, 6) is 0. The van der Waals surface area contributed by atoms with Gasteiger partial charge in [-0.3, -0.25) is 0 Å². The molecule has 1 atom stereocenters. The number of hydrogen-bond acceptors (Lipinski definition) is 2. The van der Waals surface area contributed by atoms with Crippen LogP contribution in [0.15, 0.2) is 0 Å². The molecule has 0 aliphatic carbocycles. The van der Waals surface area contributed by atoms with Gasteiger partial charge in [0.25, 0.3) is 0 Å². The summed E-state index contributed by atoms with van der Waals surface area (Å²) in [6.45, 7) is 5.74. The minimum Gasteiger partial charge on any atom is -0.308 e. The van der Waals surface area contributed by atoms with Crippen molar-refractivity contribution in [2.45, 2.75) is 19.4 Å². The fourth-order valence-electron chi connectivity index (χ4n) is 1.49. The van der Waals surface area contributed by atoms with Gasteiger partial charge in [0.2, 0.25) is 0 Å². The van der Waals surface area contributed by atoms with E-state index in [1.165, 1.54) is 13.0 Å². The standard InChI is InChI=1S/C8H17BN2/c1-8-3-4-10(2)5-6-11(8)7-9/h8H,3-7H2,1-2H3. The van der Waals surface area contributed by atoms with Crippen LogP contribution < -0.4 is 0 Å². The Balaban J connectivity index is 2.41. The summed E-state index contributed by atoms with van der Waals surface area (Å²) in [6.07, 6.45) is 1.95. The van der Waals surface area contributed by atoms with Crippen LogP contribution in [-0.4, -0.2) is 56.8 Å². The molecule has 1 unspecified atom stereocenters. The predicted octanol–water partition coefficient (Wildman–Crippen LogP) is 0.138. The lowest BCUT2D eigenvalue weighted by molar-refractivity contribution is 0.253. The van der Waals surface area contributed by atoms with Crippen molar-refractivity contribution in [2.75, 3.05) is 33.1 Å². The van der Waals surface area contributed by atoms with E-state index in [4.69, 9.17) is 7.85 Å². The molecule has 2 radical (unpaired) electrons. The second-order valence-corrected chi connectivity index (χ2v) is 3.44. The lowest BCUT2D eigenvalue weighted by Gasteiger charge is -2.24. The lowest BCUT2D eigenvalue weighted by atomic mass is 10.1. The predicted molar refractivity (Wildman–Crippen MR) is 48.9 cm³/mol. The van der Waals surface area contributed by atoms with Crippen LogP contribution in [0, 0.1) is 0 Å². The Bertz CT molecular complexity index is 119. The molecule has 0 aromatic carbocycles.